The number of anilines is 2. The Morgan fingerprint density at radius 3 is 2.87 bits per heavy atom. The van der Waals surface area contributed by atoms with E-state index in [-0.39, 0.29) is 11.7 Å². The van der Waals surface area contributed by atoms with E-state index in [1.165, 1.54) is 6.20 Å². The molecule has 1 aliphatic rings. The van der Waals surface area contributed by atoms with Crippen molar-refractivity contribution >= 4 is 17.5 Å². The molecular weight excluding hydrogens is 300 g/mol. The number of hydrogen-bond donors (Lipinski definition) is 0. The molecule has 1 unspecified atom stereocenters. The minimum absolute atomic E-state index is 0.0252. The van der Waals surface area contributed by atoms with Crippen LogP contribution in [0.25, 0.3) is 0 Å². The molecule has 0 spiro atoms. The second-order valence-electron chi connectivity index (χ2n) is 5.76. The highest BCUT2D eigenvalue weighted by Crippen LogP contribution is 2.36. The summed E-state index contributed by atoms with van der Waals surface area (Å²) in [6.07, 6.45) is 3.16. The van der Waals surface area contributed by atoms with Gasteiger partial charge in [-0.25, -0.2) is 4.98 Å². The minimum Gasteiger partial charge on any atom is -0.345 e. The van der Waals surface area contributed by atoms with Crippen LogP contribution in [0.5, 0.6) is 0 Å². The fourth-order valence-corrected chi connectivity index (χ4v) is 2.72. The van der Waals surface area contributed by atoms with Gasteiger partial charge in [0.25, 0.3) is 17.5 Å². The van der Waals surface area contributed by atoms with Crippen LogP contribution in [-0.4, -0.2) is 40.7 Å². The molecule has 1 aliphatic heterocycles. The summed E-state index contributed by atoms with van der Waals surface area (Å²) in [7, 11) is 3.70. The van der Waals surface area contributed by atoms with Crippen molar-refractivity contribution in [3.8, 4) is 0 Å². The maximum Gasteiger partial charge on any atom is 0.290 e. The van der Waals surface area contributed by atoms with E-state index in [2.05, 4.69) is 20.0 Å². The topological polar surface area (TPSA) is 101 Å². The third kappa shape index (κ3) is 2.81. The number of nitro groups is 1. The maximum absolute atomic E-state index is 10.9. The van der Waals surface area contributed by atoms with Gasteiger partial charge < -0.3 is 14.3 Å². The van der Waals surface area contributed by atoms with E-state index in [0.717, 1.165) is 19.4 Å². The van der Waals surface area contributed by atoms with E-state index >= 15 is 0 Å². The van der Waals surface area contributed by atoms with Gasteiger partial charge in [0.15, 0.2) is 0 Å². The molecule has 1 fully saturated rings. The summed E-state index contributed by atoms with van der Waals surface area (Å²) in [4.78, 5) is 23.0. The largest absolute Gasteiger partial charge is 0.345 e. The van der Waals surface area contributed by atoms with Crippen molar-refractivity contribution in [1.29, 1.82) is 0 Å². The van der Waals surface area contributed by atoms with Gasteiger partial charge >= 0.3 is 0 Å². The Bertz CT molecular complexity index is 729. The molecule has 0 bridgehead atoms. The van der Waals surface area contributed by atoms with E-state index in [1.54, 1.807) is 17.9 Å². The van der Waals surface area contributed by atoms with Crippen LogP contribution in [0, 0.1) is 17.0 Å². The molecular formula is C14H18N6O3. The fraction of sp³-hybridized carbons (Fsp3) is 0.500. The molecule has 3 rings (SSSR count). The number of nitrogens with zero attached hydrogens (tertiary/aromatic N) is 6. The number of pyridine rings is 1. The summed E-state index contributed by atoms with van der Waals surface area (Å²) in [5.41, 5.74) is 0.613. The third-order valence-corrected chi connectivity index (χ3v) is 3.93. The van der Waals surface area contributed by atoms with Crippen LogP contribution in [0.2, 0.25) is 0 Å². The molecule has 0 N–H and O–H groups in total. The molecule has 0 aliphatic carbocycles. The summed E-state index contributed by atoms with van der Waals surface area (Å²) in [5.74, 6) is 1.77. The zero-order chi connectivity index (χ0) is 16.6. The van der Waals surface area contributed by atoms with Crippen LogP contribution in [0.3, 0.4) is 0 Å². The van der Waals surface area contributed by atoms with E-state index in [9.17, 15) is 10.1 Å². The van der Waals surface area contributed by atoms with Gasteiger partial charge in [0.2, 0.25) is 0 Å². The zero-order valence-corrected chi connectivity index (χ0v) is 13.3. The Labute approximate surface area is 133 Å². The van der Waals surface area contributed by atoms with Crippen molar-refractivity contribution in [3.63, 3.8) is 0 Å². The monoisotopic (exact) mass is 318 g/mol. The molecule has 2 aromatic heterocycles. The van der Waals surface area contributed by atoms with Crippen molar-refractivity contribution in [2.75, 3.05) is 30.4 Å². The molecule has 9 nitrogen and oxygen atoms in total. The Morgan fingerprint density at radius 2 is 2.26 bits per heavy atom. The normalized spacial score (nSPS) is 17.5. The molecule has 3 heterocycles. The predicted octanol–water partition coefficient (Wildman–Crippen LogP) is 2.09. The lowest BCUT2D eigenvalue weighted by Gasteiger charge is -2.23. The maximum atomic E-state index is 10.9. The minimum atomic E-state index is -0.422. The first kappa shape index (κ1) is 15.2. The molecule has 0 radical (unpaired) electrons. The van der Waals surface area contributed by atoms with Crippen LogP contribution < -0.4 is 9.80 Å². The standard InChI is InChI=1S/C14H18N6O3/c1-9-7-12(15-8-11(9)20(21)22)19-6-4-5-10(19)13-16-14(17-23-13)18(2)3/h7-8,10H,4-6H2,1-3H3. The highest BCUT2D eigenvalue weighted by Gasteiger charge is 2.32. The Balaban J connectivity index is 1.89. The lowest BCUT2D eigenvalue weighted by molar-refractivity contribution is -0.385. The SMILES string of the molecule is Cc1cc(N2CCCC2c2nc(N(C)C)no2)ncc1[N+](=O)[O-]. The second kappa shape index (κ2) is 5.82. The molecule has 0 saturated carbocycles. The van der Waals surface area contributed by atoms with Crippen molar-refractivity contribution < 1.29 is 9.45 Å². The van der Waals surface area contributed by atoms with E-state index < -0.39 is 4.92 Å². The van der Waals surface area contributed by atoms with Gasteiger partial charge in [-0.1, -0.05) is 0 Å². The first-order valence-electron chi connectivity index (χ1n) is 7.36. The van der Waals surface area contributed by atoms with Gasteiger partial charge in [-0.15, -0.1) is 0 Å². The lowest BCUT2D eigenvalue weighted by Crippen LogP contribution is -2.24. The number of aromatic nitrogens is 3. The fourth-order valence-electron chi connectivity index (χ4n) is 2.72. The van der Waals surface area contributed by atoms with Gasteiger partial charge in [-0.05, 0) is 31.0 Å². The summed E-state index contributed by atoms with van der Waals surface area (Å²) >= 11 is 0. The van der Waals surface area contributed by atoms with Crippen LogP contribution in [0.1, 0.15) is 30.3 Å². The summed E-state index contributed by atoms with van der Waals surface area (Å²) in [6.45, 7) is 2.51. The summed E-state index contributed by atoms with van der Waals surface area (Å²) in [5, 5.41) is 14.9. The molecule has 2 aromatic rings. The Morgan fingerprint density at radius 1 is 1.48 bits per heavy atom. The first-order valence-corrected chi connectivity index (χ1v) is 7.36. The third-order valence-electron chi connectivity index (χ3n) is 3.93. The molecule has 122 valence electrons. The van der Waals surface area contributed by atoms with Gasteiger partial charge in [-0.3, -0.25) is 10.1 Å². The van der Waals surface area contributed by atoms with Gasteiger partial charge in [-0.2, -0.15) is 4.98 Å². The van der Waals surface area contributed by atoms with Crippen LogP contribution in [-0.2, 0) is 0 Å². The Hall–Kier alpha value is -2.71. The molecule has 1 atom stereocenters. The summed E-state index contributed by atoms with van der Waals surface area (Å²) in [6, 6.07) is 1.68. The van der Waals surface area contributed by atoms with Crippen molar-refractivity contribution in [2.24, 2.45) is 0 Å². The van der Waals surface area contributed by atoms with E-state index in [1.807, 2.05) is 14.1 Å². The second-order valence-corrected chi connectivity index (χ2v) is 5.76. The lowest BCUT2D eigenvalue weighted by atomic mass is 10.2. The molecule has 23 heavy (non-hydrogen) atoms. The van der Waals surface area contributed by atoms with Gasteiger partial charge in [0.1, 0.15) is 18.1 Å². The Kier molecular flexibility index (Phi) is 3.85. The predicted molar refractivity (Wildman–Crippen MR) is 83.6 cm³/mol. The van der Waals surface area contributed by atoms with Crippen molar-refractivity contribution in [2.45, 2.75) is 25.8 Å². The van der Waals surface area contributed by atoms with Crippen LogP contribution >= 0.6 is 0 Å². The van der Waals surface area contributed by atoms with E-state index in [4.69, 9.17) is 4.52 Å². The summed E-state index contributed by atoms with van der Waals surface area (Å²) < 4.78 is 5.37. The van der Waals surface area contributed by atoms with Crippen LogP contribution in [0.4, 0.5) is 17.5 Å². The van der Waals surface area contributed by atoms with Gasteiger partial charge in [0, 0.05) is 26.2 Å². The molecule has 0 amide bonds. The molecule has 0 aromatic carbocycles. The number of aryl methyl sites for hydroxylation is 1. The van der Waals surface area contributed by atoms with Gasteiger partial charge in [0.05, 0.1) is 4.92 Å². The first-order chi connectivity index (χ1) is 11.0. The van der Waals surface area contributed by atoms with Crippen LogP contribution in [0.15, 0.2) is 16.8 Å². The molecule has 9 heteroatoms. The quantitative estimate of drug-likeness (QED) is 0.624. The molecule has 1 saturated heterocycles. The average molecular weight is 318 g/mol. The highest BCUT2D eigenvalue weighted by molar-refractivity contribution is 5.50. The van der Waals surface area contributed by atoms with E-state index in [0.29, 0.717) is 23.2 Å². The van der Waals surface area contributed by atoms with Crippen molar-refractivity contribution in [1.82, 2.24) is 15.1 Å². The number of hydrogen-bond acceptors (Lipinski definition) is 8. The average Bonchev–Trinajstić information content (AvgIpc) is 3.15. The highest BCUT2D eigenvalue weighted by atomic mass is 16.6. The number of rotatable bonds is 4. The smallest absolute Gasteiger partial charge is 0.290 e. The zero-order valence-electron chi connectivity index (χ0n) is 13.3. The van der Waals surface area contributed by atoms with Crippen molar-refractivity contribution in [3.05, 3.63) is 33.8 Å².